The summed E-state index contributed by atoms with van der Waals surface area (Å²) in [6.45, 7) is 2.75. The molecule has 0 radical (unpaired) electrons. The van der Waals surface area contributed by atoms with Gasteiger partial charge in [0.1, 0.15) is 0 Å². The fraction of sp³-hybridized carbons (Fsp3) is 0.261. The minimum atomic E-state index is -0.0826. The summed E-state index contributed by atoms with van der Waals surface area (Å²) in [5.74, 6) is 0.143. The molecule has 1 aliphatic rings. The number of anilines is 1. The standard InChI is InChI=1S/C23H24N4O2/c1-17(19-6-10-20(11-7-19)26-14-12-24-16-26)25-22(28)15-18-4-8-21(9-5-18)27-13-2-3-23(27)29/h4-12,14,16-17H,2-3,13,15H2,1H3,(H,25,28)/t17-/m0/s1. The van der Waals surface area contributed by atoms with Crippen molar-refractivity contribution < 1.29 is 9.59 Å². The van der Waals surface area contributed by atoms with Crippen LogP contribution >= 0.6 is 0 Å². The number of rotatable bonds is 6. The van der Waals surface area contributed by atoms with Gasteiger partial charge in [-0.1, -0.05) is 24.3 Å². The van der Waals surface area contributed by atoms with Gasteiger partial charge in [-0.2, -0.15) is 0 Å². The molecule has 4 rings (SSSR count). The zero-order valence-electron chi connectivity index (χ0n) is 16.4. The minimum absolute atomic E-state index is 0.0267. The molecule has 1 aliphatic heterocycles. The first-order valence-corrected chi connectivity index (χ1v) is 9.87. The molecule has 0 unspecified atom stereocenters. The average Bonchev–Trinajstić information content (AvgIpc) is 3.41. The highest BCUT2D eigenvalue weighted by Gasteiger charge is 2.21. The van der Waals surface area contributed by atoms with Crippen molar-refractivity contribution in [3.63, 3.8) is 0 Å². The number of aromatic nitrogens is 2. The van der Waals surface area contributed by atoms with Gasteiger partial charge < -0.3 is 14.8 Å². The van der Waals surface area contributed by atoms with E-state index in [1.807, 2.05) is 66.2 Å². The van der Waals surface area contributed by atoms with Crippen LogP contribution in [-0.4, -0.2) is 27.9 Å². The molecule has 6 nitrogen and oxygen atoms in total. The molecule has 6 heteroatoms. The molecule has 1 atom stereocenters. The van der Waals surface area contributed by atoms with E-state index in [1.54, 1.807) is 17.4 Å². The topological polar surface area (TPSA) is 67.2 Å². The molecule has 2 heterocycles. The molecule has 0 aliphatic carbocycles. The average molecular weight is 388 g/mol. The lowest BCUT2D eigenvalue weighted by Gasteiger charge is -2.17. The summed E-state index contributed by atoms with van der Waals surface area (Å²) >= 11 is 0. The van der Waals surface area contributed by atoms with Gasteiger partial charge in [0.2, 0.25) is 11.8 Å². The molecule has 3 aromatic rings. The number of benzene rings is 2. The lowest BCUT2D eigenvalue weighted by atomic mass is 10.1. The predicted molar refractivity (Wildman–Crippen MR) is 112 cm³/mol. The molecule has 29 heavy (non-hydrogen) atoms. The third-order valence-corrected chi connectivity index (χ3v) is 5.26. The van der Waals surface area contributed by atoms with Crippen LogP contribution in [-0.2, 0) is 16.0 Å². The summed E-state index contributed by atoms with van der Waals surface area (Å²) in [5, 5.41) is 3.05. The van der Waals surface area contributed by atoms with Crippen LogP contribution in [0.2, 0.25) is 0 Å². The molecule has 0 bridgehead atoms. The first-order chi connectivity index (χ1) is 14.1. The second kappa shape index (κ2) is 8.31. The molecule has 1 aromatic heterocycles. The van der Waals surface area contributed by atoms with Crippen molar-refractivity contribution in [1.29, 1.82) is 0 Å². The van der Waals surface area contributed by atoms with Crippen LogP contribution in [0.4, 0.5) is 5.69 Å². The maximum absolute atomic E-state index is 12.5. The Bertz CT molecular complexity index is 979. The van der Waals surface area contributed by atoms with Gasteiger partial charge in [0.25, 0.3) is 0 Å². The SMILES string of the molecule is C[C@H](NC(=O)Cc1ccc(N2CCCC2=O)cc1)c1ccc(-n2ccnc2)cc1. The molecule has 2 amide bonds. The van der Waals surface area contributed by atoms with Gasteiger partial charge in [-0.25, -0.2) is 4.98 Å². The minimum Gasteiger partial charge on any atom is -0.349 e. The van der Waals surface area contributed by atoms with Crippen LogP contribution in [0, 0.1) is 0 Å². The molecular weight excluding hydrogens is 364 g/mol. The number of carbonyl (C=O) groups excluding carboxylic acids is 2. The van der Waals surface area contributed by atoms with Crippen LogP contribution in [0.5, 0.6) is 0 Å². The molecular formula is C23H24N4O2. The van der Waals surface area contributed by atoms with Crippen molar-refractivity contribution in [2.45, 2.75) is 32.2 Å². The normalized spacial score (nSPS) is 14.8. The van der Waals surface area contributed by atoms with Gasteiger partial charge in [0.15, 0.2) is 0 Å². The van der Waals surface area contributed by atoms with Crippen LogP contribution in [0.25, 0.3) is 5.69 Å². The third kappa shape index (κ3) is 4.37. The fourth-order valence-corrected chi connectivity index (χ4v) is 3.62. The summed E-state index contributed by atoms with van der Waals surface area (Å²) in [7, 11) is 0. The Hall–Kier alpha value is -3.41. The Morgan fingerprint density at radius 3 is 2.45 bits per heavy atom. The highest BCUT2D eigenvalue weighted by Crippen LogP contribution is 2.22. The summed E-state index contributed by atoms with van der Waals surface area (Å²) in [6, 6.07) is 15.7. The number of hydrogen-bond acceptors (Lipinski definition) is 3. The monoisotopic (exact) mass is 388 g/mol. The number of imidazole rings is 1. The van der Waals surface area contributed by atoms with Crippen LogP contribution in [0.15, 0.2) is 67.3 Å². The van der Waals surface area contributed by atoms with Gasteiger partial charge in [0.05, 0.1) is 18.8 Å². The quantitative estimate of drug-likeness (QED) is 0.704. The van der Waals surface area contributed by atoms with E-state index < -0.39 is 0 Å². The van der Waals surface area contributed by atoms with E-state index in [0.29, 0.717) is 12.8 Å². The maximum Gasteiger partial charge on any atom is 0.227 e. The lowest BCUT2D eigenvalue weighted by Crippen LogP contribution is -2.28. The zero-order valence-corrected chi connectivity index (χ0v) is 16.4. The van der Waals surface area contributed by atoms with Gasteiger partial charge >= 0.3 is 0 Å². The smallest absolute Gasteiger partial charge is 0.227 e. The molecule has 2 aromatic carbocycles. The van der Waals surface area contributed by atoms with Crippen LogP contribution in [0.3, 0.4) is 0 Å². The summed E-state index contributed by atoms with van der Waals surface area (Å²) in [4.78, 5) is 30.2. The maximum atomic E-state index is 12.5. The Labute approximate surface area is 170 Å². The van der Waals surface area contributed by atoms with E-state index in [0.717, 1.165) is 35.5 Å². The van der Waals surface area contributed by atoms with Gasteiger partial charge in [-0.15, -0.1) is 0 Å². The van der Waals surface area contributed by atoms with Crippen molar-refractivity contribution in [3.05, 3.63) is 78.4 Å². The Morgan fingerprint density at radius 1 is 1.10 bits per heavy atom. The summed E-state index contributed by atoms with van der Waals surface area (Å²) < 4.78 is 1.94. The molecule has 148 valence electrons. The van der Waals surface area contributed by atoms with E-state index in [4.69, 9.17) is 0 Å². The number of amides is 2. The van der Waals surface area contributed by atoms with Crippen LogP contribution < -0.4 is 10.2 Å². The van der Waals surface area contributed by atoms with Gasteiger partial charge in [-0.3, -0.25) is 9.59 Å². The zero-order chi connectivity index (χ0) is 20.2. The summed E-state index contributed by atoms with van der Waals surface area (Å²) in [5.41, 5.74) is 3.91. The van der Waals surface area contributed by atoms with E-state index in [2.05, 4.69) is 10.3 Å². The van der Waals surface area contributed by atoms with Crippen molar-refractivity contribution in [3.8, 4) is 5.69 Å². The fourth-order valence-electron chi connectivity index (χ4n) is 3.62. The van der Waals surface area contributed by atoms with Crippen molar-refractivity contribution in [2.24, 2.45) is 0 Å². The van der Waals surface area contributed by atoms with Gasteiger partial charge in [0, 0.05) is 36.7 Å². The summed E-state index contributed by atoms with van der Waals surface area (Å²) in [6.07, 6.45) is 7.23. The van der Waals surface area contributed by atoms with E-state index >= 15 is 0 Å². The van der Waals surface area contributed by atoms with Crippen molar-refractivity contribution in [2.75, 3.05) is 11.4 Å². The highest BCUT2D eigenvalue weighted by atomic mass is 16.2. The molecule has 1 N–H and O–H groups in total. The van der Waals surface area contributed by atoms with Crippen LogP contribution in [0.1, 0.15) is 36.9 Å². The predicted octanol–water partition coefficient (Wildman–Crippen LogP) is 3.42. The molecule has 0 spiro atoms. The largest absolute Gasteiger partial charge is 0.349 e. The number of hydrogen-bond donors (Lipinski definition) is 1. The third-order valence-electron chi connectivity index (χ3n) is 5.26. The van der Waals surface area contributed by atoms with Crippen molar-refractivity contribution >= 4 is 17.5 Å². The molecule has 1 saturated heterocycles. The van der Waals surface area contributed by atoms with Gasteiger partial charge in [-0.05, 0) is 48.7 Å². The Morgan fingerprint density at radius 2 is 1.83 bits per heavy atom. The number of nitrogens with one attached hydrogen (secondary N) is 1. The van der Waals surface area contributed by atoms with E-state index in [1.165, 1.54) is 0 Å². The second-order valence-corrected chi connectivity index (χ2v) is 7.34. The molecule has 0 saturated carbocycles. The number of carbonyl (C=O) groups is 2. The number of nitrogens with zero attached hydrogens (tertiary/aromatic N) is 3. The molecule has 1 fully saturated rings. The Kier molecular flexibility index (Phi) is 5.42. The highest BCUT2D eigenvalue weighted by molar-refractivity contribution is 5.95. The van der Waals surface area contributed by atoms with E-state index in [-0.39, 0.29) is 17.9 Å². The first kappa shape index (κ1) is 18.9. The second-order valence-electron chi connectivity index (χ2n) is 7.34. The van der Waals surface area contributed by atoms with Crippen molar-refractivity contribution in [1.82, 2.24) is 14.9 Å². The first-order valence-electron chi connectivity index (χ1n) is 9.87. The Balaban J connectivity index is 1.33. The van der Waals surface area contributed by atoms with E-state index in [9.17, 15) is 9.59 Å². The lowest BCUT2D eigenvalue weighted by molar-refractivity contribution is -0.121.